The number of hydrogen-bond acceptors (Lipinski definition) is 3. The molecule has 0 bridgehead atoms. The zero-order chi connectivity index (χ0) is 36.5. The third kappa shape index (κ3) is 40.1. The highest BCUT2D eigenvalue weighted by atomic mass is 16.5. The van der Waals surface area contributed by atoms with Crippen molar-refractivity contribution in [1.82, 2.24) is 0 Å². The second kappa shape index (κ2) is 41.1. The third-order valence-electron chi connectivity index (χ3n) is 10.2. The highest BCUT2D eigenvalue weighted by Crippen LogP contribution is 2.14. The fourth-order valence-electron chi connectivity index (χ4n) is 6.89. The molecule has 1 atom stereocenters. The fourth-order valence-corrected chi connectivity index (χ4v) is 6.89. The Morgan fingerprint density at radius 2 is 0.840 bits per heavy atom. The summed E-state index contributed by atoms with van der Waals surface area (Å²) in [5.74, 6) is 0. The average molecular weight is 707 g/mol. The maximum absolute atomic E-state index is 9.15. The molecule has 4 nitrogen and oxygen atoms in total. The molecular weight excluding hydrogens is 615 g/mol. The summed E-state index contributed by atoms with van der Waals surface area (Å²) in [6, 6.07) is 0. The van der Waals surface area contributed by atoms with Crippen molar-refractivity contribution < 1.29 is 19.1 Å². The third-order valence-corrected chi connectivity index (χ3v) is 10.2. The van der Waals surface area contributed by atoms with Gasteiger partial charge in [0.05, 0.1) is 27.2 Å². The summed E-state index contributed by atoms with van der Waals surface area (Å²) in [7, 11) is 4.65. The van der Waals surface area contributed by atoms with Gasteiger partial charge in [-0.25, -0.2) is 0 Å². The van der Waals surface area contributed by atoms with E-state index in [4.69, 9.17) is 14.6 Å². The summed E-state index contributed by atoms with van der Waals surface area (Å²) in [4.78, 5) is 0. The molecule has 0 amide bonds. The molecule has 4 heteroatoms. The lowest BCUT2D eigenvalue weighted by Gasteiger charge is -2.33. The number of allylic oxidation sites excluding steroid dienone is 4. The minimum Gasteiger partial charge on any atom is -0.396 e. The topological polar surface area (TPSA) is 38.7 Å². The van der Waals surface area contributed by atoms with Crippen molar-refractivity contribution in [3.05, 3.63) is 24.3 Å². The van der Waals surface area contributed by atoms with Crippen LogP contribution in [0.3, 0.4) is 0 Å². The van der Waals surface area contributed by atoms with Gasteiger partial charge >= 0.3 is 0 Å². The first kappa shape index (κ1) is 49.3. The smallest absolute Gasteiger partial charge is 0.130 e. The summed E-state index contributed by atoms with van der Waals surface area (Å²) in [5.41, 5.74) is 0. The maximum Gasteiger partial charge on any atom is 0.130 e. The molecule has 0 spiro atoms. The van der Waals surface area contributed by atoms with Gasteiger partial charge in [0.2, 0.25) is 0 Å². The molecule has 0 aliphatic carbocycles. The molecule has 0 rings (SSSR count). The van der Waals surface area contributed by atoms with E-state index in [9.17, 15) is 0 Å². The molecule has 0 heterocycles. The number of hydrogen-bond donors (Lipinski definition) is 1. The van der Waals surface area contributed by atoms with Crippen molar-refractivity contribution >= 4 is 0 Å². The lowest BCUT2D eigenvalue weighted by molar-refractivity contribution is -0.893. The predicted octanol–water partition coefficient (Wildman–Crippen LogP) is 13.7. The number of aliphatic hydroxyl groups is 1. The number of unbranched alkanes of at least 4 members (excludes halogenated alkanes) is 26. The highest BCUT2D eigenvalue weighted by molar-refractivity contribution is 4.82. The van der Waals surface area contributed by atoms with Crippen LogP contribution in [0, 0.1) is 0 Å². The van der Waals surface area contributed by atoms with Crippen LogP contribution >= 0.6 is 0 Å². The molecule has 0 fully saturated rings. The minimum absolute atomic E-state index is 0.167. The summed E-state index contributed by atoms with van der Waals surface area (Å²) < 4.78 is 13.6. The first-order valence-electron chi connectivity index (χ1n) is 22.5. The second-order valence-corrected chi connectivity index (χ2v) is 16.1. The van der Waals surface area contributed by atoms with E-state index in [0.717, 1.165) is 63.1 Å². The molecule has 1 N–H and O–H groups in total. The predicted molar refractivity (Wildman–Crippen MR) is 222 cm³/mol. The van der Waals surface area contributed by atoms with Crippen LogP contribution < -0.4 is 0 Å². The van der Waals surface area contributed by atoms with E-state index >= 15 is 0 Å². The van der Waals surface area contributed by atoms with Crippen molar-refractivity contribution in [3.63, 3.8) is 0 Å². The van der Waals surface area contributed by atoms with E-state index in [1.54, 1.807) is 0 Å². The fraction of sp³-hybridized carbons (Fsp3) is 0.913. The molecule has 0 aromatic carbocycles. The van der Waals surface area contributed by atoms with Gasteiger partial charge in [0, 0.05) is 19.8 Å². The summed E-state index contributed by atoms with van der Waals surface area (Å²) >= 11 is 0. The van der Waals surface area contributed by atoms with Crippen molar-refractivity contribution in [2.75, 3.05) is 53.6 Å². The number of rotatable bonds is 42. The largest absolute Gasteiger partial charge is 0.396 e. The first-order valence-corrected chi connectivity index (χ1v) is 22.5. The zero-order valence-corrected chi connectivity index (χ0v) is 34.8. The van der Waals surface area contributed by atoms with Crippen molar-refractivity contribution in [3.8, 4) is 0 Å². The van der Waals surface area contributed by atoms with Gasteiger partial charge in [0.25, 0.3) is 0 Å². The monoisotopic (exact) mass is 707 g/mol. The maximum atomic E-state index is 9.15. The Hall–Kier alpha value is -0.680. The lowest BCUT2D eigenvalue weighted by atomic mass is 10.1. The van der Waals surface area contributed by atoms with Gasteiger partial charge in [-0.05, 0) is 83.5 Å². The van der Waals surface area contributed by atoms with E-state index in [-0.39, 0.29) is 6.10 Å². The number of quaternary nitrogens is 1. The van der Waals surface area contributed by atoms with E-state index in [1.165, 1.54) is 173 Å². The summed E-state index contributed by atoms with van der Waals surface area (Å²) in [6.07, 6.45) is 50.5. The Kier molecular flexibility index (Phi) is 40.5. The van der Waals surface area contributed by atoms with E-state index < -0.39 is 0 Å². The highest BCUT2D eigenvalue weighted by Gasteiger charge is 2.22. The molecular formula is C46H92NO3+. The lowest BCUT2D eigenvalue weighted by Crippen LogP contribution is -2.48. The molecule has 0 aromatic rings. The van der Waals surface area contributed by atoms with Gasteiger partial charge < -0.3 is 19.1 Å². The van der Waals surface area contributed by atoms with Crippen LogP contribution in [0.15, 0.2) is 24.3 Å². The van der Waals surface area contributed by atoms with Crippen molar-refractivity contribution in [2.24, 2.45) is 0 Å². The average Bonchev–Trinajstić information content (AvgIpc) is 3.10. The number of ether oxygens (including phenoxy) is 2. The minimum atomic E-state index is 0.167. The number of likely N-dealkylation sites (N-methyl/N-ethyl adjacent to an activating group) is 1. The standard InChI is InChI=1S/C46H92NO3/c1-5-7-9-11-13-15-17-19-21-23-25-27-29-31-33-38-42-49-45-46(44-47(3,4)40-36-35-37-41-48)50-43-39-34-32-30-28-26-24-22-20-18-16-14-12-10-8-6-2/h19-22,46,48H,5-18,23-45H2,1-4H3/q+1/b21-19-,22-20-. The van der Waals surface area contributed by atoms with Crippen LogP contribution in [0.4, 0.5) is 0 Å². The van der Waals surface area contributed by atoms with Crippen LogP contribution in [-0.4, -0.2) is 69.3 Å². The van der Waals surface area contributed by atoms with Gasteiger partial charge in [0.1, 0.15) is 12.6 Å². The first-order chi connectivity index (χ1) is 24.6. The van der Waals surface area contributed by atoms with Gasteiger partial charge in [-0.3, -0.25) is 0 Å². The van der Waals surface area contributed by atoms with Gasteiger partial charge in [-0.1, -0.05) is 154 Å². The Morgan fingerprint density at radius 3 is 1.28 bits per heavy atom. The van der Waals surface area contributed by atoms with Gasteiger partial charge in [-0.2, -0.15) is 0 Å². The molecule has 0 saturated carbocycles. The molecule has 0 radical (unpaired) electrons. The molecule has 50 heavy (non-hydrogen) atoms. The van der Waals surface area contributed by atoms with Crippen LogP contribution in [-0.2, 0) is 9.47 Å². The summed E-state index contributed by atoms with van der Waals surface area (Å²) in [6.45, 7) is 9.44. The Bertz CT molecular complexity index is 691. The van der Waals surface area contributed by atoms with Crippen molar-refractivity contribution in [1.29, 1.82) is 0 Å². The SMILES string of the molecule is CCCCCCCC/C=C\CCCCCCCCOCC(C[N+](C)(C)CCCCCO)OCCCCCCCC/C=C\CCCCCCCC. The Morgan fingerprint density at radius 1 is 0.460 bits per heavy atom. The molecule has 0 aromatic heterocycles. The van der Waals surface area contributed by atoms with Gasteiger partial charge in [0.15, 0.2) is 0 Å². The van der Waals surface area contributed by atoms with Crippen LogP contribution in [0.25, 0.3) is 0 Å². The number of aliphatic hydroxyl groups excluding tert-OH is 1. The molecule has 0 aliphatic heterocycles. The Labute approximate surface area is 315 Å². The Balaban J connectivity index is 4.00. The van der Waals surface area contributed by atoms with E-state index in [0.29, 0.717) is 6.61 Å². The van der Waals surface area contributed by atoms with Gasteiger partial charge in [-0.15, -0.1) is 0 Å². The molecule has 0 aliphatic rings. The molecule has 298 valence electrons. The van der Waals surface area contributed by atoms with Crippen LogP contribution in [0.5, 0.6) is 0 Å². The zero-order valence-electron chi connectivity index (χ0n) is 34.8. The van der Waals surface area contributed by atoms with E-state index in [2.05, 4.69) is 52.2 Å². The van der Waals surface area contributed by atoms with Crippen LogP contribution in [0.1, 0.15) is 213 Å². The van der Waals surface area contributed by atoms with Crippen LogP contribution in [0.2, 0.25) is 0 Å². The molecule has 1 unspecified atom stereocenters. The summed E-state index contributed by atoms with van der Waals surface area (Å²) in [5, 5.41) is 9.15. The van der Waals surface area contributed by atoms with Crippen molar-refractivity contribution in [2.45, 2.75) is 219 Å². The second-order valence-electron chi connectivity index (χ2n) is 16.1. The quantitative estimate of drug-likeness (QED) is 0.0390. The number of nitrogens with zero attached hydrogens (tertiary/aromatic N) is 1. The normalized spacial score (nSPS) is 13.0. The molecule has 0 saturated heterocycles. The van der Waals surface area contributed by atoms with E-state index in [1.807, 2.05) is 0 Å².